The average molecular weight is 258 g/mol. The van der Waals surface area contributed by atoms with E-state index in [9.17, 15) is 9.59 Å². The Labute approximate surface area is 107 Å². The Morgan fingerprint density at radius 3 is 2.56 bits per heavy atom. The molecule has 6 nitrogen and oxygen atoms in total. The summed E-state index contributed by atoms with van der Waals surface area (Å²) in [6, 6.07) is -0.0982. The van der Waals surface area contributed by atoms with Crippen molar-refractivity contribution >= 4 is 12.1 Å². The van der Waals surface area contributed by atoms with E-state index in [0.717, 1.165) is 0 Å². The molecule has 1 heterocycles. The molecule has 0 saturated carbocycles. The Morgan fingerprint density at radius 1 is 1.33 bits per heavy atom. The molecule has 0 aromatic heterocycles. The maximum atomic E-state index is 11.6. The van der Waals surface area contributed by atoms with Gasteiger partial charge in [0.1, 0.15) is 5.60 Å². The van der Waals surface area contributed by atoms with Gasteiger partial charge in [-0.15, -0.1) is 0 Å². The third kappa shape index (κ3) is 4.91. The van der Waals surface area contributed by atoms with Crippen molar-refractivity contribution in [3.8, 4) is 0 Å². The predicted octanol–water partition coefficient (Wildman–Crippen LogP) is 0.662. The van der Waals surface area contributed by atoms with Crippen LogP contribution in [0.1, 0.15) is 27.2 Å². The largest absolute Gasteiger partial charge is 0.469 e. The lowest BCUT2D eigenvalue weighted by Gasteiger charge is -2.23. The van der Waals surface area contributed by atoms with Crippen LogP contribution in [-0.2, 0) is 14.3 Å². The summed E-state index contributed by atoms with van der Waals surface area (Å²) < 4.78 is 9.82. The molecule has 1 amide bonds. The zero-order valence-corrected chi connectivity index (χ0v) is 11.4. The highest BCUT2D eigenvalue weighted by Crippen LogP contribution is 2.15. The number of hydrogen-bond donors (Lipinski definition) is 2. The lowest BCUT2D eigenvalue weighted by molar-refractivity contribution is -0.141. The first kappa shape index (κ1) is 14.8. The number of rotatable bonds is 3. The highest BCUT2D eigenvalue weighted by atomic mass is 16.6. The first-order valence-electron chi connectivity index (χ1n) is 6.09. The molecule has 2 N–H and O–H groups in total. The Bertz CT molecular complexity index is 312. The maximum Gasteiger partial charge on any atom is 0.407 e. The minimum absolute atomic E-state index is 0.0463. The number of hydrogen-bond acceptors (Lipinski definition) is 5. The van der Waals surface area contributed by atoms with Crippen molar-refractivity contribution in [2.75, 3.05) is 20.2 Å². The summed E-state index contributed by atoms with van der Waals surface area (Å²) in [6.45, 7) is 6.76. The minimum Gasteiger partial charge on any atom is -0.469 e. The molecule has 0 spiro atoms. The molecule has 1 aliphatic heterocycles. The molecule has 18 heavy (non-hydrogen) atoms. The molecule has 1 rings (SSSR count). The van der Waals surface area contributed by atoms with E-state index in [1.165, 1.54) is 7.11 Å². The topological polar surface area (TPSA) is 76.7 Å². The van der Waals surface area contributed by atoms with E-state index >= 15 is 0 Å². The van der Waals surface area contributed by atoms with Crippen LogP contribution in [0.25, 0.3) is 0 Å². The summed E-state index contributed by atoms with van der Waals surface area (Å²) in [7, 11) is 1.36. The van der Waals surface area contributed by atoms with Crippen LogP contribution in [0.3, 0.4) is 0 Å². The van der Waals surface area contributed by atoms with Gasteiger partial charge in [-0.25, -0.2) is 4.79 Å². The van der Waals surface area contributed by atoms with Gasteiger partial charge in [0.05, 0.1) is 13.5 Å². The molecule has 1 saturated heterocycles. The summed E-state index contributed by atoms with van der Waals surface area (Å²) in [5, 5.41) is 5.93. The number of ether oxygens (including phenoxy) is 2. The Hall–Kier alpha value is -1.30. The third-order valence-electron chi connectivity index (χ3n) is 2.70. The van der Waals surface area contributed by atoms with E-state index in [-0.39, 0.29) is 17.9 Å². The van der Waals surface area contributed by atoms with Gasteiger partial charge in [-0.05, 0) is 20.8 Å². The van der Waals surface area contributed by atoms with Crippen LogP contribution >= 0.6 is 0 Å². The molecule has 0 aliphatic carbocycles. The standard InChI is InChI=1S/C12H22N2O4/c1-12(2,3)18-11(16)14-9-7-13-6-8(9)5-10(15)17-4/h8-9,13H,5-7H2,1-4H3,(H,14,16). The van der Waals surface area contributed by atoms with E-state index in [4.69, 9.17) is 4.74 Å². The van der Waals surface area contributed by atoms with Gasteiger partial charge in [0.25, 0.3) is 0 Å². The molecule has 0 radical (unpaired) electrons. The van der Waals surface area contributed by atoms with Crippen molar-refractivity contribution in [2.24, 2.45) is 5.92 Å². The van der Waals surface area contributed by atoms with E-state index in [0.29, 0.717) is 19.5 Å². The fourth-order valence-corrected chi connectivity index (χ4v) is 1.87. The molecule has 0 aromatic carbocycles. The summed E-state index contributed by atoms with van der Waals surface area (Å²) in [5.41, 5.74) is -0.520. The van der Waals surface area contributed by atoms with Crippen molar-refractivity contribution in [2.45, 2.75) is 38.8 Å². The van der Waals surface area contributed by atoms with Crippen LogP contribution in [0.2, 0.25) is 0 Å². The van der Waals surface area contributed by atoms with Gasteiger partial charge in [-0.2, -0.15) is 0 Å². The monoisotopic (exact) mass is 258 g/mol. The lowest BCUT2D eigenvalue weighted by Crippen LogP contribution is -2.43. The zero-order valence-electron chi connectivity index (χ0n) is 11.4. The van der Waals surface area contributed by atoms with Crippen molar-refractivity contribution in [1.29, 1.82) is 0 Å². The minimum atomic E-state index is -0.520. The zero-order chi connectivity index (χ0) is 13.8. The second-order valence-corrected chi connectivity index (χ2v) is 5.45. The van der Waals surface area contributed by atoms with Crippen LogP contribution in [0.5, 0.6) is 0 Å². The van der Waals surface area contributed by atoms with Gasteiger partial charge < -0.3 is 20.1 Å². The molecule has 2 unspecified atom stereocenters. The number of esters is 1. The fraction of sp³-hybridized carbons (Fsp3) is 0.833. The second kappa shape index (κ2) is 6.04. The van der Waals surface area contributed by atoms with Crippen LogP contribution in [0, 0.1) is 5.92 Å². The van der Waals surface area contributed by atoms with Gasteiger partial charge in [-0.1, -0.05) is 0 Å². The Morgan fingerprint density at radius 2 is 2.00 bits per heavy atom. The van der Waals surface area contributed by atoms with E-state index < -0.39 is 11.7 Å². The second-order valence-electron chi connectivity index (χ2n) is 5.45. The van der Waals surface area contributed by atoms with Gasteiger partial charge in [-0.3, -0.25) is 4.79 Å². The summed E-state index contributed by atoms with van der Waals surface area (Å²) in [6.07, 6.45) is -0.157. The molecule has 6 heteroatoms. The average Bonchev–Trinajstić information content (AvgIpc) is 2.62. The fourth-order valence-electron chi connectivity index (χ4n) is 1.87. The molecular formula is C12H22N2O4. The van der Waals surface area contributed by atoms with Gasteiger partial charge in [0.15, 0.2) is 0 Å². The normalized spacial score (nSPS) is 23.6. The van der Waals surface area contributed by atoms with Crippen molar-refractivity contribution in [3.63, 3.8) is 0 Å². The summed E-state index contributed by atoms with van der Waals surface area (Å²) >= 11 is 0. The Kier molecular flexibility index (Phi) is 4.95. The SMILES string of the molecule is COC(=O)CC1CNCC1NC(=O)OC(C)(C)C. The van der Waals surface area contributed by atoms with E-state index in [1.54, 1.807) is 0 Å². The molecule has 0 bridgehead atoms. The van der Waals surface area contributed by atoms with E-state index in [1.807, 2.05) is 20.8 Å². The van der Waals surface area contributed by atoms with Gasteiger partial charge in [0, 0.05) is 25.0 Å². The predicted molar refractivity (Wildman–Crippen MR) is 66.2 cm³/mol. The number of nitrogens with one attached hydrogen (secondary N) is 2. The highest BCUT2D eigenvalue weighted by Gasteiger charge is 2.31. The van der Waals surface area contributed by atoms with Crippen LogP contribution in [0.15, 0.2) is 0 Å². The van der Waals surface area contributed by atoms with Crippen molar-refractivity contribution < 1.29 is 19.1 Å². The van der Waals surface area contributed by atoms with Crippen LogP contribution < -0.4 is 10.6 Å². The van der Waals surface area contributed by atoms with Crippen molar-refractivity contribution in [3.05, 3.63) is 0 Å². The molecule has 0 aromatic rings. The third-order valence-corrected chi connectivity index (χ3v) is 2.70. The molecule has 104 valence electrons. The first-order valence-corrected chi connectivity index (χ1v) is 6.09. The number of carbonyl (C=O) groups is 2. The molecule has 1 aliphatic rings. The number of carbonyl (C=O) groups excluding carboxylic acids is 2. The van der Waals surface area contributed by atoms with E-state index in [2.05, 4.69) is 15.4 Å². The first-order chi connectivity index (χ1) is 8.31. The highest BCUT2D eigenvalue weighted by molar-refractivity contribution is 5.70. The Balaban J connectivity index is 2.45. The lowest BCUT2D eigenvalue weighted by atomic mass is 10.00. The number of alkyl carbamates (subject to hydrolysis) is 1. The van der Waals surface area contributed by atoms with Crippen molar-refractivity contribution in [1.82, 2.24) is 10.6 Å². The number of amides is 1. The van der Waals surface area contributed by atoms with Gasteiger partial charge in [0.2, 0.25) is 0 Å². The van der Waals surface area contributed by atoms with Crippen LogP contribution in [-0.4, -0.2) is 43.9 Å². The smallest absolute Gasteiger partial charge is 0.407 e. The molecular weight excluding hydrogens is 236 g/mol. The summed E-state index contributed by atoms with van der Waals surface area (Å²) in [4.78, 5) is 22.9. The van der Waals surface area contributed by atoms with Crippen LogP contribution in [0.4, 0.5) is 4.79 Å². The number of methoxy groups -OCH3 is 1. The maximum absolute atomic E-state index is 11.6. The quantitative estimate of drug-likeness (QED) is 0.727. The van der Waals surface area contributed by atoms with Gasteiger partial charge >= 0.3 is 12.1 Å². The summed E-state index contributed by atoms with van der Waals surface area (Å²) in [5.74, 6) is -0.218. The molecule has 1 fully saturated rings. The molecule has 2 atom stereocenters.